The van der Waals surface area contributed by atoms with E-state index in [0.29, 0.717) is 15.3 Å². The maximum atomic E-state index is 13.2. The first-order chi connectivity index (χ1) is 16.2. The van der Waals surface area contributed by atoms with Crippen molar-refractivity contribution >= 4 is 54.0 Å². The van der Waals surface area contributed by atoms with Gasteiger partial charge in [-0.05, 0) is 43.7 Å². The molecular formula is C23H20N6O3S2. The summed E-state index contributed by atoms with van der Waals surface area (Å²) in [4.78, 5) is 19.6. The van der Waals surface area contributed by atoms with Crippen LogP contribution in [0.25, 0.3) is 10.2 Å². The number of aromatic nitrogens is 1. The lowest BCUT2D eigenvalue weighted by Crippen LogP contribution is -2.41. The number of nitrogen functional groups attached to an aromatic ring is 1. The molecule has 0 radical (unpaired) electrons. The highest BCUT2D eigenvalue weighted by atomic mass is 32.2. The molecule has 0 aliphatic carbocycles. The van der Waals surface area contributed by atoms with Crippen molar-refractivity contribution in [3.8, 4) is 6.07 Å². The average molecular weight is 493 g/mol. The van der Waals surface area contributed by atoms with Gasteiger partial charge in [0.2, 0.25) is 0 Å². The van der Waals surface area contributed by atoms with E-state index in [1.54, 1.807) is 19.1 Å². The second-order valence-electron chi connectivity index (χ2n) is 7.46. The Labute approximate surface area is 200 Å². The molecule has 2 aromatic heterocycles. The number of hydrogen-bond donors (Lipinski definition) is 4. The highest BCUT2D eigenvalue weighted by molar-refractivity contribution is 7.89. The molecule has 4 aromatic rings. The average Bonchev–Trinajstić information content (AvgIpc) is 3.16. The number of benzene rings is 2. The van der Waals surface area contributed by atoms with Crippen LogP contribution in [0.4, 0.5) is 16.5 Å². The van der Waals surface area contributed by atoms with Crippen LogP contribution in [-0.2, 0) is 10.0 Å². The quantitative estimate of drug-likeness (QED) is 0.299. The molecule has 0 spiro atoms. The molecule has 4 rings (SSSR count). The third-order valence-corrected chi connectivity index (χ3v) is 7.57. The van der Waals surface area contributed by atoms with Crippen LogP contribution in [0.5, 0.6) is 0 Å². The van der Waals surface area contributed by atoms with E-state index in [4.69, 9.17) is 5.73 Å². The number of fused-ring (bicyclic) bond motifs is 1. The molecule has 0 aliphatic heterocycles. The smallest absolute Gasteiger partial charge is 0.271 e. The number of hydrazine groups is 1. The van der Waals surface area contributed by atoms with Crippen molar-refractivity contribution in [1.82, 2.24) is 15.2 Å². The number of amides is 1. The van der Waals surface area contributed by atoms with Crippen molar-refractivity contribution in [2.45, 2.75) is 18.7 Å². The van der Waals surface area contributed by atoms with E-state index in [1.807, 2.05) is 43.3 Å². The number of carbonyl (C=O) groups excluding carboxylic acids is 1. The molecule has 9 nitrogen and oxygen atoms in total. The fraction of sp³-hybridized carbons (Fsp3) is 0.0870. The summed E-state index contributed by atoms with van der Waals surface area (Å²) in [5, 5.41) is 13.0. The number of aryl methyl sites for hydroxylation is 2. The maximum Gasteiger partial charge on any atom is 0.271 e. The summed E-state index contributed by atoms with van der Waals surface area (Å²) in [6.07, 6.45) is 0. The Morgan fingerprint density at radius 1 is 1.09 bits per heavy atom. The van der Waals surface area contributed by atoms with Crippen LogP contribution < -0.4 is 21.3 Å². The van der Waals surface area contributed by atoms with E-state index < -0.39 is 15.9 Å². The first kappa shape index (κ1) is 23.2. The van der Waals surface area contributed by atoms with Gasteiger partial charge in [-0.3, -0.25) is 10.2 Å². The van der Waals surface area contributed by atoms with Gasteiger partial charge in [0.25, 0.3) is 15.9 Å². The number of thiophene rings is 1. The molecule has 0 aliphatic rings. The van der Waals surface area contributed by atoms with Crippen molar-refractivity contribution in [3.63, 3.8) is 0 Å². The van der Waals surface area contributed by atoms with E-state index in [-0.39, 0.29) is 27.4 Å². The summed E-state index contributed by atoms with van der Waals surface area (Å²) in [6, 6.07) is 17.4. The summed E-state index contributed by atoms with van der Waals surface area (Å²) in [5.74, 6) is -0.734. The topological polar surface area (TPSA) is 150 Å². The third-order valence-electron chi connectivity index (χ3n) is 5.09. The molecular weight excluding hydrogens is 472 g/mol. The molecule has 0 bridgehead atoms. The first-order valence-corrected chi connectivity index (χ1v) is 12.3. The lowest BCUT2D eigenvalue weighted by atomic mass is 10.1. The highest BCUT2D eigenvalue weighted by Gasteiger charge is 2.25. The molecule has 11 heteroatoms. The normalized spacial score (nSPS) is 11.2. The van der Waals surface area contributed by atoms with Crippen molar-refractivity contribution in [1.29, 1.82) is 5.26 Å². The minimum absolute atomic E-state index is 0.00749. The Morgan fingerprint density at radius 3 is 2.41 bits per heavy atom. The monoisotopic (exact) mass is 492 g/mol. The molecule has 0 unspecified atom stereocenters. The van der Waals surface area contributed by atoms with Crippen LogP contribution in [0.15, 0.2) is 59.5 Å². The molecule has 5 N–H and O–H groups in total. The van der Waals surface area contributed by atoms with E-state index in [9.17, 15) is 18.5 Å². The van der Waals surface area contributed by atoms with Crippen LogP contribution in [-0.4, -0.2) is 19.3 Å². The fourth-order valence-corrected chi connectivity index (χ4v) is 5.31. The lowest BCUT2D eigenvalue weighted by Gasteiger charge is -2.11. The number of hydrogen-bond acceptors (Lipinski definition) is 8. The van der Waals surface area contributed by atoms with E-state index >= 15 is 0 Å². The number of carbonyl (C=O) groups is 1. The van der Waals surface area contributed by atoms with Crippen molar-refractivity contribution < 1.29 is 13.2 Å². The van der Waals surface area contributed by atoms with Crippen LogP contribution in [0.3, 0.4) is 0 Å². The predicted molar refractivity (Wildman–Crippen MR) is 132 cm³/mol. The maximum absolute atomic E-state index is 13.2. The Balaban J connectivity index is 1.74. The number of para-hydroxylation sites is 1. The zero-order valence-corrected chi connectivity index (χ0v) is 19.8. The minimum Gasteiger partial charge on any atom is -0.383 e. The number of nitriles is 1. The molecule has 0 saturated heterocycles. The number of nitrogens with zero attached hydrogens (tertiary/aromatic N) is 2. The van der Waals surface area contributed by atoms with Gasteiger partial charge < -0.3 is 11.1 Å². The number of sulfonamides is 1. The number of nitrogens with one attached hydrogen (secondary N) is 3. The molecule has 1 amide bonds. The highest BCUT2D eigenvalue weighted by Crippen LogP contribution is 2.40. The van der Waals surface area contributed by atoms with Gasteiger partial charge in [0.1, 0.15) is 22.5 Å². The lowest BCUT2D eigenvalue weighted by molar-refractivity contribution is 0.0947. The molecule has 0 saturated carbocycles. The van der Waals surface area contributed by atoms with Crippen LogP contribution >= 0.6 is 11.3 Å². The number of anilines is 3. The third kappa shape index (κ3) is 4.42. The van der Waals surface area contributed by atoms with Gasteiger partial charge in [-0.25, -0.2) is 13.4 Å². The van der Waals surface area contributed by atoms with Crippen molar-refractivity contribution in [3.05, 3.63) is 76.9 Å². The summed E-state index contributed by atoms with van der Waals surface area (Å²) < 4.78 is 25.9. The zero-order valence-electron chi connectivity index (χ0n) is 18.2. The number of nitrogens with two attached hydrogens (primary N) is 1. The second-order valence-corrected chi connectivity index (χ2v) is 10.2. The van der Waals surface area contributed by atoms with Gasteiger partial charge >= 0.3 is 0 Å². The van der Waals surface area contributed by atoms with Gasteiger partial charge in [-0.2, -0.15) is 5.26 Å². The molecule has 0 fully saturated rings. The van der Waals surface area contributed by atoms with E-state index in [2.05, 4.69) is 20.6 Å². The molecule has 172 valence electrons. The van der Waals surface area contributed by atoms with Gasteiger partial charge in [-0.1, -0.05) is 35.9 Å². The Bertz CT molecular complexity index is 1540. The standard InChI is InChI=1S/C23H20N6O3S2/c1-13-8-10-16(11-9-13)34(31,32)29-28-22(30)18-19-20(14(2)17(12-24)21(25)27-19)33-23(18)26-15-6-4-3-5-7-15/h3-11,26,29H,1-2H3,(H2,25,27)(H,28,30). The SMILES string of the molecule is Cc1ccc(S(=O)(=O)NNC(=O)c2c(Nc3ccccc3)sc3c(C)c(C#N)c(N)nc23)cc1. The summed E-state index contributed by atoms with van der Waals surface area (Å²) in [7, 11) is -4.00. The molecule has 2 aromatic carbocycles. The molecule has 0 atom stereocenters. The molecule has 2 heterocycles. The number of rotatable bonds is 6. The summed E-state index contributed by atoms with van der Waals surface area (Å²) in [6.45, 7) is 3.57. The van der Waals surface area contributed by atoms with Gasteiger partial charge in [0.05, 0.1) is 20.7 Å². The van der Waals surface area contributed by atoms with E-state index in [0.717, 1.165) is 11.3 Å². The Morgan fingerprint density at radius 2 is 1.76 bits per heavy atom. The summed E-state index contributed by atoms with van der Waals surface area (Å²) >= 11 is 1.22. The van der Waals surface area contributed by atoms with Crippen molar-refractivity contribution in [2.75, 3.05) is 11.1 Å². The van der Waals surface area contributed by atoms with Crippen LogP contribution in [0, 0.1) is 25.2 Å². The second kappa shape index (κ2) is 9.11. The van der Waals surface area contributed by atoms with Crippen molar-refractivity contribution in [2.24, 2.45) is 0 Å². The van der Waals surface area contributed by atoms with Gasteiger partial charge in [-0.15, -0.1) is 16.2 Å². The first-order valence-electron chi connectivity index (χ1n) is 10.0. The van der Waals surface area contributed by atoms with E-state index in [1.165, 1.54) is 23.5 Å². The van der Waals surface area contributed by atoms with Crippen LogP contribution in [0.2, 0.25) is 0 Å². The Hall–Kier alpha value is -3.98. The fourth-order valence-electron chi connectivity index (χ4n) is 3.31. The summed E-state index contributed by atoms with van der Waals surface area (Å²) in [5.41, 5.74) is 11.0. The Kier molecular flexibility index (Phi) is 6.21. The van der Waals surface area contributed by atoms with Crippen LogP contribution in [0.1, 0.15) is 27.0 Å². The minimum atomic E-state index is -4.00. The molecule has 34 heavy (non-hydrogen) atoms. The van der Waals surface area contributed by atoms with Gasteiger partial charge in [0.15, 0.2) is 0 Å². The predicted octanol–water partition coefficient (Wildman–Crippen LogP) is 3.73. The van der Waals surface area contributed by atoms with Gasteiger partial charge in [0, 0.05) is 5.69 Å². The number of pyridine rings is 1. The largest absolute Gasteiger partial charge is 0.383 e. The zero-order chi connectivity index (χ0) is 24.5.